The molecule has 94 valence electrons. The molecule has 1 nitrogen and oxygen atoms in total. The topological polar surface area (TPSA) is 17.1 Å². The summed E-state index contributed by atoms with van der Waals surface area (Å²) in [5.74, 6) is -1.52. The highest BCUT2D eigenvalue weighted by molar-refractivity contribution is 6.18. The van der Waals surface area contributed by atoms with Crippen LogP contribution in [-0.2, 0) is 6.18 Å². The van der Waals surface area contributed by atoms with Gasteiger partial charge in [-0.1, -0.05) is 0 Å². The lowest BCUT2D eigenvalue weighted by atomic mass is 10.0. The Balaban J connectivity index is 3.11. The van der Waals surface area contributed by atoms with Crippen LogP contribution < -0.4 is 0 Å². The van der Waals surface area contributed by atoms with E-state index in [0.29, 0.717) is 6.07 Å². The molecule has 0 aromatic heterocycles. The van der Waals surface area contributed by atoms with Gasteiger partial charge in [0.1, 0.15) is 5.82 Å². The van der Waals surface area contributed by atoms with Gasteiger partial charge in [-0.05, 0) is 24.6 Å². The van der Waals surface area contributed by atoms with Crippen molar-refractivity contribution in [3.63, 3.8) is 0 Å². The van der Waals surface area contributed by atoms with Crippen LogP contribution in [-0.4, -0.2) is 11.7 Å². The first-order valence-electron chi connectivity index (χ1n) is 4.82. The van der Waals surface area contributed by atoms with Gasteiger partial charge >= 0.3 is 6.18 Å². The lowest BCUT2D eigenvalue weighted by Gasteiger charge is -2.11. The molecular weight excluding hydrogens is 260 g/mol. The number of ketones is 1. The van der Waals surface area contributed by atoms with E-state index in [2.05, 4.69) is 0 Å². The average molecular weight is 269 g/mol. The van der Waals surface area contributed by atoms with Gasteiger partial charge in [-0.15, -0.1) is 11.6 Å². The molecule has 0 saturated heterocycles. The molecule has 0 atom stereocenters. The zero-order chi connectivity index (χ0) is 13.1. The maximum absolute atomic E-state index is 12.8. The summed E-state index contributed by atoms with van der Waals surface area (Å²) in [6, 6.07) is 2.02. The van der Waals surface area contributed by atoms with Gasteiger partial charge in [-0.3, -0.25) is 4.79 Å². The maximum Gasteiger partial charge on any atom is 0.417 e. The minimum atomic E-state index is -4.74. The van der Waals surface area contributed by atoms with E-state index in [4.69, 9.17) is 11.6 Å². The third-order valence-electron chi connectivity index (χ3n) is 2.12. The predicted molar refractivity (Wildman–Crippen MR) is 55.7 cm³/mol. The number of Topliss-reactive ketones (excluding diaryl/α,β-unsaturated/α-hetero) is 1. The summed E-state index contributed by atoms with van der Waals surface area (Å²) in [5, 5.41) is 0. The maximum atomic E-state index is 12.8. The standard InChI is InChI=1S/C11H9ClF4O/c12-5-1-2-10(17)8-4-3-7(13)6-9(8)11(14,15)16/h3-4,6H,1-2,5H2. The number of benzene rings is 1. The minimum absolute atomic E-state index is 0.0851. The molecule has 6 heteroatoms. The summed E-state index contributed by atoms with van der Waals surface area (Å²) in [4.78, 5) is 11.5. The van der Waals surface area contributed by atoms with Crippen molar-refractivity contribution in [1.29, 1.82) is 0 Å². The number of carbonyl (C=O) groups is 1. The lowest BCUT2D eigenvalue weighted by molar-refractivity contribution is -0.138. The smallest absolute Gasteiger partial charge is 0.294 e. The fourth-order valence-corrected chi connectivity index (χ4v) is 1.49. The second-order valence-corrected chi connectivity index (χ2v) is 3.78. The van der Waals surface area contributed by atoms with Gasteiger partial charge in [-0.25, -0.2) is 4.39 Å². The number of rotatable bonds is 4. The highest BCUT2D eigenvalue weighted by atomic mass is 35.5. The van der Waals surface area contributed by atoms with Crippen LogP contribution in [0.1, 0.15) is 28.8 Å². The van der Waals surface area contributed by atoms with E-state index >= 15 is 0 Å². The fourth-order valence-electron chi connectivity index (χ4n) is 1.36. The summed E-state index contributed by atoms with van der Waals surface area (Å²) in [6.45, 7) is 0. The third kappa shape index (κ3) is 3.70. The van der Waals surface area contributed by atoms with Crippen molar-refractivity contribution in [2.45, 2.75) is 19.0 Å². The number of alkyl halides is 4. The summed E-state index contributed by atoms with van der Waals surface area (Å²) < 4.78 is 50.5. The third-order valence-corrected chi connectivity index (χ3v) is 2.39. The highest BCUT2D eigenvalue weighted by Gasteiger charge is 2.35. The second kappa shape index (κ2) is 5.49. The molecule has 0 saturated carbocycles. The molecule has 0 unspecified atom stereocenters. The molecule has 17 heavy (non-hydrogen) atoms. The van der Waals surface area contributed by atoms with E-state index in [0.717, 1.165) is 12.1 Å². The van der Waals surface area contributed by atoms with Crippen molar-refractivity contribution in [3.05, 3.63) is 35.1 Å². The summed E-state index contributed by atoms with van der Waals surface area (Å²) in [6.07, 6.45) is -4.54. The van der Waals surface area contributed by atoms with Crippen LogP contribution >= 0.6 is 11.6 Å². The van der Waals surface area contributed by atoms with Gasteiger partial charge in [0.15, 0.2) is 5.78 Å². The van der Waals surface area contributed by atoms with Crippen molar-refractivity contribution in [2.75, 3.05) is 5.88 Å². The normalized spacial score (nSPS) is 11.6. The Bertz CT molecular complexity index is 414. The molecule has 0 heterocycles. The number of hydrogen-bond donors (Lipinski definition) is 0. The van der Waals surface area contributed by atoms with Gasteiger partial charge in [0.05, 0.1) is 5.56 Å². The largest absolute Gasteiger partial charge is 0.417 e. The zero-order valence-corrected chi connectivity index (χ0v) is 9.41. The van der Waals surface area contributed by atoms with E-state index in [9.17, 15) is 22.4 Å². The van der Waals surface area contributed by atoms with Crippen LogP contribution in [0.4, 0.5) is 17.6 Å². The van der Waals surface area contributed by atoms with Gasteiger partial charge < -0.3 is 0 Å². The molecular formula is C11H9ClF4O. The molecule has 0 spiro atoms. The molecule has 0 aliphatic carbocycles. The molecule has 0 bridgehead atoms. The average Bonchev–Trinajstić information content (AvgIpc) is 2.24. The van der Waals surface area contributed by atoms with E-state index in [1.54, 1.807) is 0 Å². The molecule has 0 aliphatic rings. The predicted octanol–water partition coefficient (Wildman–Crippen LogP) is 4.05. The monoisotopic (exact) mass is 268 g/mol. The summed E-state index contributed by atoms with van der Waals surface area (Å²) >= 11 is 5.35. The molecule has 0 aliphatic heterocycles. The van der Waals surface area contributed by atoms with Crippen molar-refractivity contribution in [1.82, 2.24) is 0 Å². The second-order valence-electron chi connectivity index (χ2n) is 3.40. The Hall–Kier alpha value is -1.10. The van der Waals surface area contributed by atoms with Crippen LogP contribution in [0.3, 0.4) is 0 Å². The first-order valence-corrected chi connectivity index (χ1v) is 5.35. The van der Waals surface area contributed by atoms with E-state index < -0.39 is 28.9 Å². The Kier molecular flexibility index (Phi) is 4.51. The van der Waals surface area contributed by atoms with Crippen LogP contribution in [0.2, 0.25) is 0 Å². The Morgan fingerprint density at radius 1 is 1.29 bits per heavy atom. The number of halogens is 5. The van der Waals surface area contributed by atoms with Gasteiger partial charge in [-0.2, -0.15) is 13.2 Å². The van der Waals surface area contributed by atoms with Gasteiger partial charge in [0.2, 0.25) is 0 Å². The molecule has 1 aromatic rings. The number of hydrogen-bond acceptors (Lipinski definition) is 1. The van der Waals surface area contributed by atoms with Gasteiger partial charge in [0.25, 0.3) is 0 Å². The van der Waals surface area contributed by atoms with Crippen LogP contribution in [0.5, 0.6) is 0 Å². The SMILES string of the molecule is O=C(CCCCl)c1ccc(F)cc1C(F)(F)F. The van der Waals surface area contributed by atoms with Crippen molar-refractivity contribution in [3.8, 4) is 0 Å². The van der Waals surface area contributed by atoms with Crippen LogP contribution in [0.15, 0.2) is 18.2 Å². The van der Waals surface area contributed by atoms with E-state index in [1.807, 2.05) is 0 Å². The van der Waals surface area contributed by atoms with Crippen LogP contribution in [0.25, 0.3) is 0 Å². The molecule has 1 rings (SSSR count). The molecule has 0 amide bonds. The van der Waals surface area contributed by atoms with Gasteiger partial charge in [0, 0.05) is 17.9 Å². The Labute approximate surface area is 100 Å². The van der Waals surface area contributed by atoms with Crippen molar-refractivity contribution < 1.29 is 22.4 Å². The van der Waals surface area contributed by atoms with Crippen molar-refractivity contribution >= 4 is 17.4 Å². The first kappa shape index (κ1) is 14.0. The molecule has 1 aromatic carbocycles. The zero-order valence-electron chi connectivity index (χ0n) is 8.65. The first-order chi connectivity index (χ1) is 7.86. The van der Waals surface area contributed by atoms with E-state index in [-0.39, 0.29) is 18.7 Å². The molecule has 0 N–H and O–H groups in total. The minimum Gasteiger partial charge on any atom is -0.294 e. The lowest BCUT2D eigenvalue weighted by Crippen LogP contribution is -2.13. The Morgan fingerprint density at radius 3 is 2.47 bits per heavy atom. The quantitative estimate of drug-likeness (QED) is 0.457. The molecule has 0 fully saturated rings. The molecule has 0 radical (unpaired) electrons. The van der Waals surface area contributed by atoms with Crippen molar-refractivity contribution in [2.24, 2.45) is 0 Å². The van der Waals surface area contributed by atoms with Crippen LogP contribution in [0, 0.1) is 5.82 Å². The fraction of sp³-hybridized carbons (Fsp3) is 0.364. The highest BCUT2D eigenvalue weighted by Crippen LogP contribution is 2.33. The summed E-state index contributed by atoms with van der Waals surface area (Å²) in [5.41, 5.74) is -1.75. The number of carbonyl (C=O) groups excluding carboxylic acids is 1. The Morgan fingerprint density at radius 2 is 1.94 bits per heavy atom. The van der Waals surface area contributed by atoms with E-state index in [1.165, 1.54) is 0 Å². The summed E-state index contributed by atoms with van der Waals surface area (Å²) in [7, 11) is 0.